The van der Waals surface area contributed by atoms with Gasteiger partial charge in [0.2, 0.25) is 5.88 Å². The van der Waals surface area contributed by atoms with Crippen molar-refractivity contribution in [2.75, 3.05) is 7.11 Å². The van der Waals surface area contributed by atoms with Gasteiger partial charge in [-0.1, -0.05) is 30.9 Å². The Hall–Kier alpha value is -3.41. The molecular formula is C22H22FN3O2. The van der Waals surface area contributed by atoms with Crippen LogP contribution in [0.2, 0.25) is 0 Å². The van der Waals surface area contributed by atoms with Crippen molar-refractivity contribution >= 4 is 5.57 Å². The lowest BCUT2D eigenvalue weighted by Gasteiger charge is -2.10. The van der Waals surface area contributed by atoms with E-state index in [1.54, 1.807) is 30.6 Å². The first-order valence-corrected chi connectivity index (χ1v) is 8.85. The van der Waals surface area contributed by atoms with E-state index in [0.717, 1.165) is 16.7 Å². The lowest BCUT2D eigenvalue weighted by Crippen LogP contribution is -2.24. The summed E-state index contributed by atoms with van der Waals surface area (Å²) in [7, 11) is 1.53. The maximum absolute atomic E-state index is 14.1. The number of methoxy groups -OCH3 is 1. The van der Waals surface area contributed by atoms with Gasteiger partial charge in [-0.05, 0) is 43.2 Å². The van der Waals surface area contributed by atoms with Gasteiger partial charge in [-0.3, -0.25) is 9.13 Å². The van der Waals surface area contributed by atoms with E-state index in [-0.39, 0.29) is 18.1 Å². The second kappa shape index (κ2) is 8.08. The molecule has 0 fully saturated rings. The van der Waals surface area contributed by atoms with Gasteiger partial charge in [0.1, 0.15) is 11.6 Å². The summed E-state index contributed by atoms with van der Waals surface area (Å²) in [5, 5.41) is 0. The molecule has 0 aliphatic carbocycles. The van der Waals surface area contributed by atoms with Crippen LogP contribution in [0.5, 0.6) is 5.88 Å². The van der Waals surface area contributed by atoms with E-state index in [1.165, 1.54) is 22.3 Å². The highest BCUT2D eigenvalue weighted by molar-refractivity contribution is 5.76. The number of aromatic nitrogens is 3. The molecule has 0 amide bonds. The molecule has 0 radical (unpaired) electrons. The lowest BCUT2D eigenvalue weighted by atomic mass is 10.1. The number of pyridine rings is 1. The highest BCUT2D eigenvalue weighted by atomic mass is 19.1. The van der Waals surface area contributed by atoms with Crippen molar-refractivity contribution in [3.63, 3.8) is 0 Å². The molecule has 3 rings (SSSR count). The minimum Gasteiger partial charge on any atom is -0.480 e. The highest BCUT2D eigenvalue weighted by Crippen LogP contribution is 2.26. The molecule has 0 spiro atoms. The molecule has 144 valence electrons. The van der Waals surface area contributed by atoms with Crippen LogP contribution in [-0.4, -0.2) is 21.2 Å². The van der Waals surface area contributed by atoms with Crippen LogP contribution in [-0.2, 0) is 6.54 Å². The number of imidazole rings is 1. The van der Waals surface area contributed by atoms with Gasteiger partial charge in [-0.15, -0.1) is 0 Å². The van der Waals surface area contributed by atoms with Gasteiger partial charge in [0.25, 0.3) is 0 Å². The van der Waals surface area contributed by atoms with Crippen LogP contribution in [0.3, 0.4) is 0 Å². The number of allylic oxidation sites excluding steroid dienone is 3. The maximum atomic E-state index is 14.1. The normalized spacial score (nSPS) is 11.5. The average Bonchev–Trinajstić information content (AvgIpc) is 3.05. The monoisotopic (exact) mass is 379 g/mol. The smallest absolute Gasteiger partial charge is 0.334 e. The van der Waals surface area contributed by atoms with Gasteiger partial charge in [0.05, 0.1) is 13.7 Å². The van der Waals surface area contributed by atoms with Crippen molar-refractivity contribution in [1.82, 2.24) is 14.1 Å². The molecule has 0 aliphatic heterocycles. The number of aryl methyl sites for hydroxylation is 1. The summed E-state index contributed by atoms with van der Waals surface area (Å²) in [5.41, 5.74) is 2.66. The molecule has 2 aromatic heterocycles. The Morgan fingerprint density at radius 2 is 2.07 bits per heavy atom. The Bertz CT molecular complexity index is 1110. The summed E-state index contributed by atoms with van der Waals surface area (Å²) < 4.78 is 22.4. The molecule has 6 heteroatoms. The van der Waals surface area contributed by atoms with Gasteiger partial charge < -0.3 is 4.74 Å². The zero-order chi connectivity index (χ0) is 20.3. The van der Waals surface area contributed by atoms with E-state index in [0.29, 0.717) is 17.3 Å². The van der Waals surface area contributed by atoms with Gasteiger partial charge in [0.15, 0.2) is 0 Å². The quantitative estimate of drug-likeness (QED) is 0.605. The summed E-state index contributed by atoms with van der Waals surface area (Å²) >= 11 is 0. The van der Waals surface area contributed by atoms with E-state index in [2.05, 4.69) is 11.6 Å². The molecule has 0 saturated carbocycles. The van der Waals surface area contributed by atoms with Crippen LogP contribution in [0, 0.1) is 12.7 Å². The van der Waals surface area contributed by atoms with E-state index >= 15 is 0 Å². The largest absolute Gasteiger partial charge is 0.480 e. The van der Waals surface area contributed by atoms with Crippen molar-refractivity contribution < 1.29 is 9.13 Å². The zero-order valence-electron chi connectivity index (χ0n) is 16.1. The first-order valence-electron chi connectivity index (χ1n) is 8.85. The van der Waals surface area contributed by atoms with Gasteiger partial charge in [-0.2, -0.15) is 4.98 Å². The molecule has 0 unspecified atom stereocenters. The fraction of sp³-hybridized carbons (Fsp3) is 0.182. The second-order valence-electron chi connectivity index (χ2n) is 6.35. The van der Waals surface area contributed by atoms with Crippen molar-refractivity contribution in [2.24, 2.45) is 0 Å². The summed E-state index contributed by atoms with van der Waals surface area (Å²) in [6, 6.07) is 8.55. The van der Waals surface area contributed by atoms with Crippen LogP contribution < -0.4 is 10.4 Å². The Morgan fingerprint density at radius 3 is 2.71 bits per heavy atom. The maximum Gasteiger partial charge on any atom is 0.334 e. The van der Waals surface area contributed by atoms with Crippen molar-refractivity contribution in [2.45, 2.75) is 20.4 Å². The SMILES string of the molecule is C=C/C(=C\C)c1ccc(-n2ccn(Cc3ccc(C)cc3F)c2=O)nc1OC. The van der Waals surface area contributed by atoms with Gasteiger partial charge >= 0.3 is 5.69 Å². The number of hydrogen-bond donors (Lipinski definition) is 0. The van der Waals surface area contributed by atoms with Crippen LogP contribution in [0.15, 0.2) is 66.3 Å². The topological polar surface area (TPSA) is 49.0 Å². The predicted octanol–water partition coefficient (Wildman–Crippen LogP) is 4.13. The molecular weight excluding hydrogens is 357 g/mol. The zero-order valence-corrected chi connectivity index (χ0v) is 16.1. The summed E-state index contributed by atoms with van der Waals surface area (Å²) in [5.74, 6) is 0.495. The minimum absolute atomic E-state index is 0.145. The molecule has 1 aromatic carbocycles. The van der Waals surface area contributed by atoms with Crippen molar-refractivity contribution in [3.05, 3.63) is 94.4 Å². The first kappa shape index (κ1) is 19.4. The van der Waals surface area contributed by atoms with Crippen LogP contribution in [0.4, 0.5) is 4.39 Å². The molecule has 0 aliphatic rings. The summed E-state index contributed by atoms with van der Waals surface area (Å²) in [4.78, 5) is 17.2. The number of rotatable bonds is 6. The second-order valence-corrected chi connectivity index (χ2v) is 6.35. The van der Waals surface area contributed by atoms with Crippen LogP contribution in [0.25, 0.3) is 11.4 Å². The Morgan fingerprint density at radius 1 is 1.29 bits per heavy atom. The third kappa shape index (κ3) is 3.67. The molecule has 0 saturated heterocycles. The fourth-order valence-electron chi connectivity index (χ4n) is 3.00. The summed E-state index contributed by atoms with van der Waals surface area (Å²) in [6.45, 7) is 7.66. The Labute approximate surface area is 163 Å². The fourth-order valence-corrected chi connectivity index (χ4v) is 3.00. The van der Waals surface area contributed by atoms with Crippen molar-refractivity contribution in [3.8, 4) is 11.7 Å². The van der Waals surface area contributed by atoms with E-state index in [1.807, 2.05) is 32.1 Å². The Kier molecular flexibility index (Phi) is 5.59. The molecule has 0 atom stereocenters. The number of nitrogens with zero attached hydrogens (tertiary/aromatic N) is 3. The van der Waals surface area contributed by atoms with E-state index in [9.17, 15) is 9.18 Å². The Balaban J connectivity index is 1.97. The molecule has 0 N–H and O–H groups in total. The van der Waals surface area contributed by atoms with Crippen LogP contribution >= 0.6 is 0 Å². The van der Waals surface area contributed by atoms with Gasteiger partial charge in [-0.25, -0.2) is 9.18 Å². The average molecular weight is 379 g/mol. The molecule has 0 bridgehead atoms. The van der Waals surface area contributed by atoms with Crippen molar-refractivity contribution in [1.29, 1.82) is 0 Å². The number of halogens is 1. The molecule has 2 heterocycles. The number of hydrogen-bond acceptors (Lipinski definition) is 3. The number of benzene rings is 1. The number of ether oxygens (including phenoxy) is 1. The van der Waals surface area contributed by atoms with E-state index in [4.69, 9.17) is 4.74 Å². The summed E-state index contributed by atoms with van der Waals surface area (Å²) in [6.07, 6.45) is 6.85. The van der Waals surface area contributed by atoms with Crippen LogP contribution in [0.1, 0.15) is 23.6 Å². The molecule has 5 nitrogen and oxygen atoms in total. The van der Waals surface area contributed by atoms with Gasteiger partial charge in [0, 0.05) is 23.5 Å². The third-order valence-electron chi connectivity index (χ3n) is 4.52. The highest BCUT2D eigenvalue weighted by Gasteiger charge is 2.13. The standard InChI is InChI=1S/C22H22FN3O2/c1-5-16(6-2)18-9-10-20(24-21(18)28-4)26-12-11-25(22(26)27)14-17-8-7-15(3)13-19(17)23/h5-13H,1,14H2,2-4H3/b16-6+. The third-order valence-corrected chi connectivity index (χ3v) is 4.52. The van der Waals surface area contributed by atoms with E-state index < -0.39 is 0 Å². The molecule has 3 aromatic rings. The first-order chi connectivity index (χ1) is 13.5. The lowest BCUT2D eigenvalue weighted by molar-refractivity contribution is 0.396. The molecule has 28 heavy (non-hydrogen) atoms. The predicted molar refractivity (Wildman–Crippen MR) is 108 cm³/mol. The minimum atomic E-state index is -0.327.